The molecule has 0 amide bonds. The number of fused-ring (bicyclic) bond motifs is 1. The highest BCUT2D eigenvalue weighted by atomic mass is 16.1. The Morgan fingerprint density at radius 3 is 1.74 bits per heavy atom. The average Bonchev–Trinajstić information content (AvgIpc) is 2.47. The molecule has 2 heteroatoms. The van der Waals surface area contributed by atoms with Crippen molar-refractivity contribution >= 4 is 12.1 Å². The highest BCUT2D eigenvalue weighted by molar-refractivity contribution is 6.05. The second-order valence-electron chi connectivity index (χ2n) is 5.23. The maximum absolute atomic E-state index is 12.5. The van der Waals surface area contributed by atoms with Gasteiger partial charge in [0.1, 0.15) is 6.29 Å². The van der Waals surface area contributed by atoms with Gasteiger partial charge in [0.25, 0.3) is 0 Å². The Kier molecular flexibility index (Phi) is 2.05. The average molecular weight is 248 g/mol. The Hall–Kier alpha value is -2.22. The molecule has 3 aliphatic rings. The van der Waals surface area contributed by atoms with Crippen molar-refractivity contribution in [1.82, 2.24) is 0 Å². The van der Waals surface area contributed by atoms with Gasteiger partial charge in [-0.05, 0) is 22.3 Å². The first-order chi connectivity index (χ1) is 9.33. The van der Waals surface area contributed by atoms with E-state index in [-0.39, 0.29) is 17.6 Å². The summed E-state index contributed by atoms with van der Waals surface area (Å²) in [5.74, 6) is -0.817. The zero-order chi connectivity index (χ0) is 13.0. The number of carbonyl (C=O) groups excluding carboxylic acids is 2. The Labute approximate surface area is 111 Å². The van der Waals surface area contributed by atoms with E-state index in [0.717, 1.165) is 28.5 Å². The SMILES string of the molecule is O=CC1C(=O)C2c3ccccc3C1c1ccccc12. The molecule has 3 aliphatic carbocycles. The van der Waals surface area contributed by atoms with Crippen LogP contribution >= 0.6 is 0 Å². The molecule has 2 aromatic carbocycles. The highest BCUT2D eigenvalue weighted by Gasteiger charge is 2.48. The highest BCUT2D eigenvalue weighted by Crippen LogP contribution is 2.52. The third-order valence-electron chi connectivity index (χ3n) is 4.40. The van der Waals surface area contributed by atoms with Crippen LogP contribution in [0.2, 0.25) is 0 Å². The summed E-state index contributed by atoms with van der Waals surface area (Å²) in [6, 6.07) is 16.0. The quantitative estimate of drug-likeness (QED) is 0.574. The Balaban J connectivity index is 2.09. The molecule has 0 aromatic heterocycles. The summed E-state index contributed by atoms with van der Waals surface area (Å²) < 4.78 is 0. The Morgan fingerprint density at radius 2 is 1.26 bits per heavy atom. The lowest BCUT2D eigenvalue weighted by Gasteiger charge is -2.42. The molecular formula is C17H12O2. The predicted molar refractivity (Wildman–Crippen MR) is 71.1 cm³/mol. The normalized spacial score (nSPS) is 26.7. The fourth-order valence-electron chi connectivity index (χ4n) is 3.64. The maximum Gasteiger partial charge on any atom is 0.155 e. The van der Waals surface area contributed by atoms with Crippen LogP contribution in [-0.4, -0.2) is 12.1 Å². The Bertz CT molecular complexity index is 654. The van der Waals surface area contributed by atoms with Crippen LogP contribution in [0.1, 0.15) is 34.1 Å². The Morgan fingerprint density at radius 1 is 0.789 bits per heavy atom. The van der Waals surface area contributed by atoms with Crippen molar-refractivity contribution in [3.8, 4) is 0 Å². The van der Waals surface area contributed by atoms with E-state index in [0.29, 0.717) is 0 Å². The first-order valence-electron chi connectivity index (χ1n) is 6.49. The van der Waals surface area contributed by atoms with Crippen LogP contribution in [0.4, 0.5) is 0 Å². The minimum Gasteiger partial charge on any atom is -0.303 e. The van der Waals surface area contributed by atoms with Crippen molar-refractivity contribution in [3.05, 3.63) is 70.8 Å². The summed E-state index contributed by atoms with van der Waals surface area (Å²) in [5.41, 5.74) is 4.44. The zero-order valence-corrected chi connectivity index (χ0v) is 10.2. The molecule has 2 nitrogen and oxygen atoms in total. The van der Waals surface area contributed by atoms with E-state index < -0.39 is 5.92 Å². The van der Waals surface area contributed by atoms with E-state index in [1.165, 1.54) is 0 Å². The molecule has 0 aliphatic heterocycles. The van der Waals surface area contributed by atoms with Crippen molar-refractivity contribution in [1.29, 1.82) is 0 Å². The summed E-state index contributed by atoms with van der Waals surface area (Å²) in [6.07, 6.45) is 0.825. The number of carbonyl (C=O) groups is 2. The summed E-state index contributed by atoms with van der Waals surface area (Å²) in [5, 5.41) is 0. The largest absolute Gasteiger partial charge is 0.303 e. The molecule has 19 heavy (non-hydrogen) atoms. The fraction of sp³-hybridized carbons (Fsp3) is 0.176. The molecule has 0 saturated heterocycles. The summed E-state index contributed by atoms with van der Waals surface area (Å²) in [6.45, 7) is 0. The van der Waals surface area contributed by atoms with E-state index in [2.05, 4.69) is 0 Å². The number of rotatable bonds is 1. The standard InChI is InChI=1S/C17H12O2/c18-9-14-15-10-5-1-3-7-12(10)16(17(14)19)13-8-4-2-6-11(13)15/h1-9,14-16H. The molecule has 0 spiro atoms. The number of hydrogen-bond donors (Lipinski definition) is 0. The summed E-state index contributed by atoms with van der Waals surface area (Å²) in [7, 11) is 0. The van der Waals surface area contributed by atoms with Crippen LogP contribution in [0.5, 0.6) is 0 Å². The van der Waals surface area contributed by atoms with E-state index in [1.54, 1.807) is 0 Å². The zero-order valence-electron chi connectivity index (χ0n) is 10.2. The van der Waals surface area contributed by atoms with E-state index >= 15 is 0 Å². The molecule has 1 unspecified atom stereocenters. The second-order valence-corrected chi connectivity index (χ2v) is 5.23. The second kappa shape index (κ2) is 3.64. The molecule has 1 atom stereocenters. The van der Waals surface area contributed by atoms with Crippen molar-refractivity contribution < 1.29 is 9.59 Å². The monoisotopic (exact) mass is 248 g/mol. The molecule has 2 aromatic rings. The van der Waals surface area contributed by atoms with Crippen molar-refractivity contribution in [2.45, 2.75) is 11.8 Å². The number of Topliss-reactive ketones (excluding diaryl/α,β-unsaturated/α-hetero) is 1. The molecule has 0 saturated carbocycles. The number of ketones is 1. The number of aldehydes is 1. The van der Waals surface area contributed by atoms with Gasteiger partial charge in [-0.3, -0.25) is 4.79 Å². The van der Waals surface area contributed by atoms with Crippen LogP contribution < -0.4 is 0 Å². The van der Waals surface area contributed by atoms with E-state index in [9.17, 15) is 9.59 Å². The van der Waals surface area contributed by atoms with Gasteiger partial charge in [-0.1, -0.05) is 48.5 Å². The van der Waals surface area contributed by atoms with Gasteiger partial charge in [0.05, 0.1) is 11.8 Å². The lowest BCUT2D eigenvalue weighted by Crippen LogP contribution is -2.41. The minimum atomic E-state index is -0.519. The van der Waals surface area contributed by atoms with Gasteiger partial charge in [-0.25, -0.2) is 0 Å². The van der Waals surface area contributed by atoms with Crippen LogP contribution in [0.15, 0.2) is 48.5 Å². The molecule has 5 rings (SSSR count). The fourth-order valence-corrected chi connectivity index (χ4v) is 3.64. The van der Waals surface area contributed by atoms with Gasteiger partial charge in [-0.15, -0.1) is 0 Å². The predicted octanol–water partition coefficient (Wildman–Crippen LogP) is 2.66. The van der Waals surface area contributed by atoms with E-state index in [1.807, 2.05) is 48.5 Å². The molecule has 0 N–H and O–H groups in total. The van der Waals surface area contributed by atoms with Crippen LogP contribution in [-0.2, 0) is 9.59 Å². The van der Waals surface area contributed by atoms with Crippen LogP contribution in [0.3, 0.4) is 0 Å². The first-order valence-corrected chi connectivity index (χ1v) is 6.49. The van der Waals surface area contributed by atoms with Gasteiger partial charge in [0.15, 0.2) is 5.78 Å². The van der Waals surface area contributed by atoms with Crippen molar-refractivity contribution in [3.63, 3.8) is 0 Å². The molecule has 0 fully saturated rings. The molecule has 0 radical (unpaired) electrons. The third-order valence-corrected chi connectivity index (χ3v) is 4.40. The molecule has 92 valence electrons. The first kappa shape index (κ1) is 10.7. The summed E-state index contributed by atoms with van der Waals surface area (Å²) >= 11 is 0. The van der Waals surface area contributed by atoms with Gasteiger partial charge in [0.2, 0.25) is 0 Å². The molecular weight excluding hydrogens is 236 g/mol. The lowest BCUT2D eigenvalue weighted by atomic mass is 9.59. The van der Waals surface area contributed by atoms with E-state index in [4.69, 9.17) is 0 Å². The van der Waals surface area contributed by atoms with Crippen LogP contribution in [0.25, 0.3) is 0 Å². The molecule has 0 heterocycles. The van der Waals surface area contributed by atoms with Gasteiger partial charge in [0, 0.05) is 5.92 Å². The number of benzene rings is 2. The van der Waals surface area contributed by atoms with Gasteiger partial charge < -0.3 is 4.79 Å². The summed E-state index contributed by atoms with van der Waals surface area (Å²) in [4.78, 5) is 23.9. The van der Waals surface area contributed by atoms with Crippen LogP contribution in [0, 0.1) is 5.92 Å². The topological polar surface area (TPSA) is 34.1 Å². The smallest absolute Gasteiger partial charge is 0.155 e. The third kappa shape index (κ3) is 1.21. The van der Waals surface area contributed by atoms with Gasteiger partial charge >= 0.3 is 0 Å². The van der Waals surface area contributed by atoms with Crippen molar-refractivity contribution in [2.24, 2.45) is 5.92 Å². The molecule has 2 bridgehead atoms. The maximum atomic E-state index is 12.5. The minimum absolute atomic E-state index is 0.0531. The lowest BCUT2D eigenvalue weighted by molar-refractivity contribution is -0.129. The van der Waals surface area contributed by atoms with Crippen molar-refractivity contribution in [2.75, 3.05) is 0 Å². The van der Waals surface area contributed by atoms with Gasteiger partial charge in [-0.2, -0.15) is 0 Å². The number of hydrogen-bond acceptors (Lipinski definition) is 2.